The van der Waals surface area contributed by atoms with Crippen molar-refractivity contribution in [2.45, 2.75) is 66.1 Å². The molecule has 0 fully saturated rings. The molecule has 0 spiro atoms. The molecule has 29 heavy (non-hydrogen) atoms. The van der Waals surface area contributed by atoms with Crippen LogP contribution in [0.5, 0.6) is 0 Å². The van der Waals surface area contributed by atoms with Gasteiger partial charge in [0.2, 0.25) is 0 Å². The zero-order chi connectivity index (χ0) is 20.6. The van der Waals surface area contributed by atoms with Crippen LogP contribution in [-0.4, -0.2) is 54.1 Å². The van der Waals surface area contributed by atoms with Gasteiger partial charge in [-0.25, -0.2) is 19.2 Å². The molecule has 0 amide bonds. The summed E-state index contributed by atoms with van der Waals surface area (Å²) in [6, 6.07) is 2.01. The summed E-state index contributed by atoms with van der Waals surface area (Å²) in [6.45, 7) is 13.4. The van der Waals surface area contributed by atoms with Gasteiger partial charge in [0.1, 0.15) is 13.0 Å². The molecule has 0 N–H and O–H groups in total. The van der Waals surface area contributed by atoms with Gasteiger partial charge < -0.3 is 0 Å². The molecule has 0 bridgehead atoms. The van der Waals surface area contributed by atoms with E-state index in [0.717, 1.165) is 68.2 Å². The molecule has 0 aromatic carbocycles. The van der Waals surface area contributed by atoms with E-state index >= 15 is 0 Å². The van der Waals surface area contributed by atoms with Gasteiger partial charge >= 0.3 is 0 Å². The predicted molar refractivity (Wildman–Crippen MR) is 115 cm³/mol. The van der Waals surface area contributed by atoms with Crippen LogP contribution in [0.25, 0.3) is 5.65 Å². The Morgan fingerprint density at radius 1 is 1.21 bits per heavy atom. The number of hydrogen-bond acceptors (Lipinski definition) is 6. The second kappa shape index (κ2) is 10.2. The van der Waals surface area contributed by atoms with Gasteiger partial charge in [-0.15, -0.1) is 5.10 Å². The first-order chi connectivity index (χ1) is 14.2. The summed E-state index contributed by atoms with van der Waals surface area (Å²) in [5.41, 5.74) is 4.23. The molecule has 0 radical (unpaired) electrons. The van der Waals surface area contributed by atoms with Gasteiger partial charge in [-0.1, -0.05) is 27.2 Å². The number of fused-ring (bicyclic) bond motifs is 1. The normalized spacial score (nSPS) is 11.6. The van der Waals surface area contributed by atoms with E-state index in [1.807, 2.05) is 15.3 Å². The molecule has 3 aromatic rings. The summed E-state index contributed by atoms with van der Waals surface area (Å²) in [6.07, 6.45) is 8.58. The Kier molecular flexibility index (Phi) is 7.46. The smallest absolute Gasteiger partial charge is 0.165 e. The molecule has 0 aliphatic rings. The molecule has 3 rings (SSSR count). The molecule has 8 nitrogen and oxygen atoms in total. The highest BCUT2D eigenvalue weighted by molar-refractivity contribution is 5.50. The fourth-order valence-electron chi connectivity index (χ4n) is 3.58. The minimum absolute atomic E-state index is 0.453. The van der Waals surface area contributed by atoms with E-state index < -0.39 is 0 Å². The lowest BCUT2D eigenvalue weighted by atomic mass is 10.0. The molecular formula is C21H32N8. The minimum atomic E-state index is 0.453. The maximum absolute atomic E-state index is 4.90. The predicted octanol–water partition coefficient (Wildman–Crippen LogP) is 3.14. The first-order valence-corrected chi connectivity index (χ1v) is 10.6. The van der Waals surface area contributed by atoms with Crippen molar-refractivity contribution in [1.82, 2.24) is 34.3 Å². The van der Waals surface area contributed by atoms with Crippen molar-refractivity contribution < 1.29 is 0 Å². The van der Waals surface area contributed by atoms with Crippen molar-refractivity contribution in [3.05, 3.63) is 41.4 Å². The van der Waals surface area contributed by atoms with E-state index in [-0.39, 0.29) is 0 Å². The highest BCUT2D eigenvalue weighted by Gasteiger charge is 2.16. The van der Waals surface area contributed by atoms with Crippen LogP contribution in [0.15, 0.2) is 23.6 Å². The maximum Gasteiger partial charge on any atom is 0.165 e. The first kappa shape index (κ1) is 21.1. The van der Waals surface area contributed by atoms with Crippen LogP contribution >= 0.6 is 0 Å². The number of aromatic nitrogens is 6. The Bertz CT molecular complexity index is 926. The van der Waals surface area contributed by atoms with Gasteiger partial charge in [-0.05, 0) is 45.1 Å². The van der Waals surface area contributed by atoms with Crippen LogP contribution in [0, 0.1) is 0 Å². The van der Waals surface area contributed by atoms with E-state index in [0.29, 0.717) is 13.1 Å². The van der Waals surface area contributed by atoms with Crippen molar-refractivity contribution in [2.75, 3.05) is 13.1 Å². The Labute approximate surface area is 172 Å². The average molecular weight is 397 g/mol. The summed E-state index contributed by atoms with van der Waals surface area (Å²) >= 11 is 0. The van der Waals surface area contributed by atoms with Gasteiger partial charge in [0.05, 0.1) is 12.2 Å². The van der Waals surface area contributed by atoms with Crippen LogP contribution in [0.4, 0.5) is 0 Å². The molecular weight excluding hydrogens is 364 g/mol. The van der Waals surface area contributed by atoms with E-state index in [1.165, 1.54) is 5.56 Å². The molecule has 0 atom stereocenters. The Morgan fingerprint density at radius 2 is 2.07 bits per heavy atom. The fourth-order valence-corrected chi connectivity index (χ4v) is 3.58. The highest BCUT2D eigenvalue weighted by atomic mass is 15.3. The molecule has 0 saturated carbocycles. The van der Waals surface area contributed by atoms with Crippen molar-refractivity contribution in [3.63, 3.8) is 0 Å². The third kappa shape index (κ3) is 5.06. The minimum Gasteiger partial charge on any atom is -0.296 e. The van der Waals surface area contributed by atoms with E-state index in [4.69, 9.17) is 15.1 Å². The van der Waals surface area contributed by atoms with E-state index in [2.05, 4.69) is 42.5 Å². The molecule has 0 saturated heterocycles. The Balaban J connectivity index is 1.94. The lowest BCUT2D eigenvalue weighted by Gasteiger charge is -2.16. The quantitative estimate of drug-likeness (QED) is 0.440. The SMILES string of the molecule is C=NCn1nccc1Cc1ncn2nc(CN(CC)CCC)nc2c1CCCC. The van der Waals surface area contributed by atoms with Gasteiger partial charge in [-0.2, -0.15) is 5.10 Å². The standard InChI is InChI=1S/C21H32N8/c1-5-8-9-18-19(13-17-10-11-24-28(17)15-22-4)23-16-29-21(18)25-20(26-29)14-27(7-3)12-6-2/h10-11,16H,4-9,12-15H2,1-3H3. The second-order valence-corrected chi connectivity index (χ2v) is 7.30. The zero-order valence-electron chi connectivity index (χ0n) is 17.9. The van der Waals surface area contributed by atoms with Crippen LogP contribution in [0.2, 0.25) is 0 Å². The monoisotopic (exact) mass is 396 g/mol. The molecule has 156 valence electrons. The highest BCUT2D eigenvalue weighted by Crippen LogP contribution is 2.19. The fraction of sp³-hybridized carbons (Fsp3) is 0.571. The van der Waals surface area contributed by atoms with Crippen molar-refractivity contribution in [3.8, 4) is 0 Å². The number of rotatable bonds is 12. The topological polar surface area (TPSA) is 76.5 Å². The number of nitrogens with zero attached hydrogens (tertiary/aromatic N) is 8. The van der Waals surface area contributed by atoms with Gasteiger partial charge in [0.15, 0.2) is 11.5 Å². The molecule has 3 heterocycles. The average Bonchev–Trinajstić information content (AvgIpc) is 3.33. The third-order valence-corrected chi connectivity index (χ3v) is 5.14. The van der Waals surface area contributed by atoms with Crippen LogP contribution in [0.1, 0.15) is 62.8 Å². The lowest BCUT2D eigenvalue weighted by molar-refractivity contribution is 0.274. The number of hydrogen-bond donors (Lipinski definition) is 0. The summed E-state index contributed by atoms with van der Waals surface area (Å²) in [7, 11) is 0. The number of aryl methyl sites for hydroxylation is 1. The summed E-state index contributed by atoms with van der Waals surface area (Å²) in [4.78, 5) is 16.0. The Morgan fingerprint density at radius 3 is 2.79 bits per heavy atom. The molecule has 8 heteroatoms. The van der Waals surface area contributed by atoms with Crippen LogP contribution < -0.4 is 0 Å². The molecule has 3 aromatic heterocycles. The second-order valence-electron chi connectivity index (χ2n) is 7.30. The van der Waals surface area contributed by atoms with Gasteiger partial charge in [0.25, 0.3) is 0 Å². The number of unbranched alkanes of at least 4 members (excludes halogenated alkanes) is 1. The third-order valence-electron chi connectivity index (χ3n) is 5.14. The first-order valence-electron chi connectivity index (χ1n) is 10.6. The van der Waals surface area contributed by atoms with Crippen LogP contribution in [-0.2, 0) is 26.1 Å². The van der Waals surface area contributed by atoms with Gasteiger partial charge in [-0.3, -0.25) is 9.89 Å². The molecule has 0 aliphatic carbocycles. The summed E-state index contributed by atoms with van der Waals surface area (Å²) < 4.78 is 3.70. The molecule has 0 unspecified atom stereocenters. The van der Waals surface area contributed by atoms with E-state index in [9.17, 15) is 0 Å². The Hall–Kier alpha value is -2.61. The lowest BCUT2D eigenvalue weighted by Crippen LogP contribution is -2.24. The largest absolute Gasteiger partial charge is 0.296 e. The zero-order valence-corrected chi connectivity index (χ0v) is 17.9. The van der Waals surface area contributed by atoms with Crippen molar-refractivity contribution in [2.24, 2.45) is 4.99 Å². The maximum atomic E-state index is 4.90. The van der Waals surface area contributed by atoms with Gasteiger partial charge in [0, 0.05) is 23.9 Å². The van der Waals surface area contributed by atoms with Crippen molar-refractivity contribution >= 4 is 12.4 Å². The van der Waals surface area contributed by atoms with Crippen molar-refractivity contribution in [1.29, 1.82) is 0 Å². The summed E-state index contributed by atoms with van der Waals surface area (Å²) in [5, 5.41) is 9.03. The molecule has 0 aliphatic heterocycles. The summed E-state index contributed by atoms with van der Waals surface area (Å²) in [5.74, 6) is 0.859. The van der Waals surface area contributed by atoms with Crippen LogP contribution in [0.3, 0.4) is 0 Å². The number of aliphatic imine (C=N–C) groups is 1. The van der Waals surface area contributed by atoms with E-state index in [1.54, 1.807) is 12.5 Å².